The number of sulfonamides is 1. The number of aryl methyl sites for hydroxylation is 2. The summed E-state index contributed by atoms with van der Waals surface area (Å²) in [5.41, 5.74) is 2.55. The molecule has 1 aliphatic heterocycles. The van der Waals surface area contributed by atoms with Crippen LogP contribution >= 0.6 is 0 Å². The number of hydrogen-bond acceptors (Lipinski definition) is 8. The zero-order valence-corrected chi connectivity index (χ0v) is 23.9. The summed E-state index contributed by atoms with van der Waals surface area (Å²) >= 11 is 0. The van der Waals surface area contributed by atoms with Gasteiger partial charge in [0.25, 0.3) is 0 Å². The van der Waals surface area contributed by atoms with Crippen molar-refractivity contribution in [2.75, 3.05) is 13.2 Å². The Balaban J connectivity index is 1.65. The lowest BCUT2D eigenvalue weighted by Gasteiger charge is -2.24. The van der Waals surface area contributed by atoms with Crippen LogP contribution in [0.25, 0.3) is 0 Å². The van der Waals surface area contributed by atoms with Crippen molar-refractivity contribution in [2.24, 2.45) is 0 Å². The largest absolute Gasteiger partial charge is 0.488 e. The zero-order chi connectivity index (χ0) is 28.7. The highest BCUT2D eigenvalue weighted by molar-refractivity contribution is 7.89. The number of ether oxygens (including phenoxy) is 2. The number of halogens is 1. The van der Waals surface area contributed by atoms with Crippen molar-refractivity contribution in [3.63, 3.8) is 0 Å². The third-order valence-electron chi connectivity index (χ3n) is 7.09. The minimum absolute atomic E-state index is 0.00998. The van der Waals surface area contributed by atoms with E-state index in [1.54, 1.807) is 29.8 Å². The Morgan fingerprint density at radius 3 is 2.75 bits per heavy atom. The van der Waals surface area contributed by atoms with Crippen LogP contribution in [0.1, 0.15) is 68.3 Å². The monoisotopic (exact) mass is 573 g/mol. The van der Waals surface area contributed by atoms with Crippen LogP contribution in [0.2, 0.25) is 0 Å². The summed E-state index contributed by atoms with van der Waals surface area (Å²) in [6, 6.07) is 6.84. The zero-order valence-electron chi connectivity index (χ0n) is 23.1. The summed E-state index contributed by atoms with van der Waals surface area (Å²) in [4.78, 5) is 16.5. The Kier molecular flexibility index (Phi) is 9.85. The number of esters is 1. The van der Waals surface area contributed by atoms with Gasteiger partial charge < -0.3 is 9.47 Å². The number of nitrogens with zero attached hydrogens (tertiary/aromatic N) is 5. The molecule has 0 amide bonds. The number of hydrogen-bond donors (Lipinski definition) is 0. The van der Waals surface area contributed by atoms with Crippen molar-refractivity contribution in [1.82, 2.24) is 24.3 Å². The molecule has 1 aromatic carbocycles. The molecule has 0 fully saturated rings. The lowest BCUT2D eigenvalue weighted by Crippen LogP contribution is -2.36. The maximum absolute atomic E-state index is 14.1. The molecule has 0 spiro atoms. The van der Waals surface area contributed by atoms with E-state index in [0.717, 1.165) is 11.3 Å². The first-order valence-corrected chi connectivity index (χ1v) is 15.1. The van der Waals surface area contributed by atoms with Crippen LogP contribution < -0.4 is 4.74 Å². The predicted octanol–water partition coefficient (Wildman–Crippen LogP) is 4.19. The van der Waals surface area contributed by atoms with Crippen molar-refractivity contribution >= 4 is 16.0 Å². The SMILES string of the molecule is CCOC(=O)CC(CCc1cn(CC)nn1)c1ccc(CF)c(CN2C[C@@H](CC)Oc3ccncc3S2(=O)=O)c1. The highest BCUT2D eigenvalue weighted by Gasteiger charge is 2.35. The first kappa shape index (κ1) is 29.6. The molecule has 3 heterocycles. The average Bonchev–Trinajstić information content (AvgIpc) is 3.39. The number of rotatable bonds is 12. The van der Waals surface area contributed by atoms with E-state index in [2.05, 4.69) is 15.3 Å². The summed E-state index contributed by atoms with van der Waals surface area (Å²) in [6.45, 7) is 5.95. The van der Waals surface area contributed by atoms with E-state index < -0.39 is 16.7 Å². The molecule has 0 aliphatic carbocycles. The van der Waals surface area contributed by atoms with Crippen LogP contribution in [-0.2, 0) is 45.7 Å². The maximum atomic E-state index is 14.1. The molecule has 1 aliphatic rings. The first-order valence-electron chi connectivity index (χ1n) is 13.6. The Morgan fingerprint density at radius 1 is 1.23 bits per heavy atom. The maximum Gasteiger partial charge on any atom is 0.306 e. The third kappa shape index (κ3) is 6.84. The minimum Gasteiger partial charge on any atom is -0.488 e. The van der Waals surface area contributed by atoms with Gasteiger partial charge in [0.2, 0.25) is 10.0 Å². The molecular weight excluding hydrogens is 537 g/mol. The standard InChI is InChI=1S/C28H36FN5O5S/c1-4-25-19-34(40(36,37)27-16-30-12-11-26(27)39-25)17-23-13-20(7-8-22(23)15-29)21(14-28(35)38-6-3)9-10-24-18-33(5-2)32-31-24/h7-8,11-13,16,18,21,25H,4-6,9-10,14-15,17,19H2,1-3H3/t21?,25-/m1/s1. The fraction of sp³-hybridized carbons (Fsp3) is 0.500. The Labute approximate surface area is 234 Å². The van der Waals surface area contributed by atoms with Gasteiger partial charge in [0.15, 0.2) is 0 Å². The van der Waals surface area contributed by atoms with Crippen molar-refractivity contribution in [3.05, 3.63) is 65.2 Å². The number of aromatic nitrogens is 4. The van der Waals surface area contributed by atoms with Crippen molar-refractivity contribution < 1.29 is 27.1 Å². The number of carbonyl (C=O) groups excluding carboxylic acids is 1. The second-order valence-electron chi connectivity index (χ2n) is 9.74. The summed E-state index contributed by atoms with van der Waals surface area (Å²) in [5.74, 6) is -0.308. The second-order valence-corrected chi connectivity index (χ2v) is 11.6. The highest BCUT2D eigenvalue weighted by atomic mass is 32.2. The van der Waals surface area contributed by atoms with E-state index in [1.807, 2.05) is 26.1 Å². The second kappa shape index (κ2) is 13.3. The molecule has 10 nitrogen and oxygen atoms in total. The van der Waals surface area contributed by atoms with Gasteiger partial charge in [-0.1, -0.05) is 30.3 Å². The fourth-order valence-electron chi connectivity index (χ4n) is 4.81. The molecule has 1 unspecified atom stereocenters. The van der Waals surface area contributed by atoms with Gasteiger partial charge in [0, 0.05) is 25.5 Å². The van der Waals surface area contributed by atoms with E-state index in [4.69, 9.17) is 9.47 Å². The summed E-state index contributed by atoms with van der Waals surface area (Å²) in [7, 11) is -3.96. The molecule has 0 bridgehead atoms. The molecular formula is C28H36FN5O5S. The predicted molar refractivity (Wildman–Crippen MR) is 146 cm³/mol. The Bertz CT molecular complexity index is 1410. The number of benzene rings is 1. The Morgan fingerprint density at radius 2 is 2.05 bits per heavy atom. The van der Waals surface area contributed by atoms with Gasteiger partial charge >= 0.3 is 5.97 Å². The van der Waals surface area contributed by atoms with Crippen LogP contribution in [0.4, 0.5) is 4.39 Å². The van der Waals surface area contributed by atoms with Gasteiger partial charge in [-0.25, -0.2) is 12.8 Å². The van der Waals surface area contributed by atoms with E-state index >= 15 is 0 Å². The first-order chi connectivity index (χ1) is 19.3. The molecule has 12 heteroatoms. The normalized spacial score (nSPS) is 17.4. The lowest BCUT2D eigenvalue weighted by molar-refractivity contribution is -0.143. The molecule has 3 aromatic rings. The molecule has 2 atom stereocenters. The van der Waals surface area contributed by atoms with Gasteiger partial charge in [0.1, 0.15) is 23.4 Å². The number of carbonyl (C=O) groups is 1. The molecule has 0 radical (unpaired) electrons. The topological polar surface area (TPSA) is 117 Å². The molecule has 216 valence electrons. The molecule has 4 rings (SSSR count). The molecule has 40 heavy (non-hydrogen) atoms. The average molecular weight is 574 g/mol. The van der Waals surface area contributed by atoms with Crippen LogP contribution in [0.15, 0.2) is 47.8 Å². The van der Waals surface area contributed by atoms with Crippen LogP contribution in [0, 0.1) is 0 Å². The van der Waals surface area contributed by atoms with Crippen molar-refractivity contribution in [1.29, 1.82) is 0 Å². The lowest BCUT2D eigenvalue weighted by atomic mass is 9.88. The minimum atomic E-state index is -3.96. The summed E-state index contributed by atoms with van der Waals surface area (Å²) < 4.78 is 55.7. The number of alkyl halides is 1. The van der Waals surface area contributed by atoms with Crippen LogP contribution in [0.5, 0.6) is 5.75 Å². The number of pyridine rings is 1. The number of fused-ring (bicyclic) bond motifs is 1. The smallest absolute Gasteiger partial charge is 0.306 e. The molecule has 0 N–H and O–H groups in total. The summed E-state index contributed by atoms with van der Waals surface area (Å²) in [6.07, 6.45) is 6.18. The quantitative estimate of drug-likeness (QED) is 0.296. The Hall–Kier alpha value is -3.38. The molecule has 2 aromatic heterocycles. The fourth-order valence-corrected chi connectivity index (χ4v) is 6.32. The van der Waals surface area contributed by atoms with Crippen molar-refractivity contribution in [3.8, 4) is 5.75 Å². The van der Waals surface area contributed by atoms with E-state index in [9.17, 15) is 17.6 Å². The van der Waals surface area contributed by atoms with E-state index in [0.29, 0.717) is 36.9 Å². The van der Waals surface area contributed by atoms with E-state index in [1.165, 1.54) is 16.7 Å². The van der Waals surface area contributed by atoms with E-state index in [-0.39, 0.29) is 54.8 Å². The van der Waals surface area contributed by atoms with Gasteiger partial charge in [0.05, 0.1) is 31.5 Å². The van der Waals surface area contributed by atoms with Gasteiger partial charge in [-0.15, -0.1) is 5.10 Å². The van der Waals surface area contributed by atoms with Gasteiger partial charge in [-0.05, 0) is 61.8 Å². The summed E-state index contributed by atoms with van der Waals surface area (Å²) in [5, 5.41) is 8.29. The van der Waals surface area contributed by atoms with Crippen LogP contribution in [0.3, 0.4) is 0 Å². The van der Waals surface area contributed by atoms with Gasteiger partial charge in [-0.3, -0.25) is 14.5 Å². The third-order valence-corrected chi connectivity index (χ3v) is 8.91. The molecule has 0 saturated carbocycles. The van der Waals surface area contributed by atoms with Crippen molar-refractivity contribution in [2.45, 2.75) is 83.1 Å². The van der Waals surface area contributed by atoms with Gasteiger partial charge in [-0.2, -0.15) is 4.31 Å². The molecule has 0 saturated heterocycles. The van der Waals surface area contributed by atoms with Crippen LogP contribution in [-0.4, -0.2) is 57.9 Å². The highest BCUT2D eigenvalue weighted by Crippen LogP contribution is 2.33.